The standard InChI is InChI=1S/C14H16N8O2S/c23-12(8-21-17-9-16-19-21)15-5-6-20-14(24)22(10-3-4-10)13(18-20)11-2-1-7-25-11/h1-2,7,9-10H,3-6,8H2,(H,15,23). The molecule has 0 aromatic carbocycles. The van der Waals surface area contributed by atoms with Crippen molar-refractivity contribution >= 4 is 17.2 Å². The van der Waals surface area contributed by atoms with Gasteiger partial charge in [-0.2, -0.15) is 4.80 Å². The second kappa shape index (κ2) is 6.59. The Bertz CT molecular complexity index is 907. The summed E-state index contributed by atoms with van der Waals surface area (Å²) in [5.74, 6) is 0.465. The van der Waals surface area contributed by atoms with Crippen molar-refractivity contribution in [1.29, 1.82) is 0 Å². The summed E-state index contributed by atoms with van der Waals surface area (Å²) in [5, 5.41) is 20.1. The zero-order chi connectivity index (χ0) is 17.2. The Morgan fingerprint density at radius 3 is 2.96 bits per heavy atom. The molecule has 1 fully saturated rings. The molecule has 10 nitrogen and oxygen atoms in total. The molecule has 130 valence electrons. The number of thiophene rings is 1. The van der Waals surface area contributed by atoms with E-state index in [1.807, 2.05) is 17.5 Å². The number of rotatable bonds is 7. The van der Waals surface area contributed by atoms with Gasteiger partial charge in [0, 0.05) is 12.6 Å². The molecule has 0 saturated heterocycles. The van der Waals surface area contributed by atoms with E-state index in [1.165, 1.54) is 15.8 Å². The van der Waals surface area contributed by atoms with Crippen molar-refractivity contribution in [2.45, 2.75) is 32.0 Å². The zero-order valence-corrected chi connectivity index (χ0v) is 14.1. The highest BCUT2D eigenvalue weighted by Crippen LogP contribution is 2.37. The van der Waals surface area contributed by atoms with E-state index in [-0.39, 0.29) is 24.2 Å². The maximum atomic E-state index is 12.6. The van der Waals surface area contributed by atoms with E-state index in [1.54, 1.807) is 15.9 Å². The lowest BCUT2D eigenvalue weighted by molar-refractivity contribution is -0.122. The van der Waals surface area contributed by atoms with Gasteiger partial charge in [0.1, 0.15) is 6.54 Å². The first kappa shape index (κ1) is 15.7. The molecule has 0 unspecified atom stereocenters. The van der Waals surface area contributed by atoms with Gasteiger partial charge in [0.2, 0.25) is 5.91 Å². The molecule has 0 radical (unpaired) electrons. The molecule has 1 saturated carbocycles. The molecular weight excluding hydrogens is 344 g/mol. The number of aromatic nitrogens is 7. The summed E-state index contributed by atoms with van der Waals surface area (Å²) in [6, 6.07) is 4.15. The van der Waals surface area contributed by atoms with Gasteiger partial charge in [-0.05, 0) is 29.5 Å². The van der Waals surface area contributed by atoms with Gasteiger partial charge in [-0.25, -0.2) is 9.48 Å². The number of hydrogen-bond acceptors (Lipinski definition) is 7. The Morgan fingerprint density at radius 2 is 2.28 bits per heavy atom. The molecule has 3 aromatic heterocycles. The monoisotopic (exact) mass is 360 g/mol. The highest BCUT2D eigenvalue weighted by molar-refractivity contribution is 7.13. The molecule has 0 atom stereocenters. The number of tetrazole rings is 1. The van der Waals surface area contributed by atoms with Crippen LogP contribution in [0, 0.1) is 0 Å². The van der Waals surface area contributed by atoms with Crippen LogP contribution in [0.5, 0.6) is 0 Å². The molecule has 4 rings (SSSR count). The van der Waals surface area contributed by atoms with Crippen LogP contribution in [-0.2, 0) is 17.9 Å². The van der Waals surface area contributed by atoms with Crippen LogP contribution in [0.2, 0.25) is 0 Å². The molecule has 0 bridgehead atoms. The van der Waals surface area contributed by atoms with E-state index in [4.69, 9.17) is 0 Å². The molecule has 1 aliphatic rings. The number of hydrogen-bond donors (Lipinski definition) is 1. The summed E-state index contributed by atoms with van der Waals surface area (Å²) in [4.78, 5) is 26.6. The second-order valence-corrected chi connectivity index (χ2v) is 6.67. The minimum atomic E-state index is -0.244. The minimum Gasteiger partial charge on any atom is -0.353 e. The Balaban J connectivity index is 1.43. The van der Waals surface area contributed by atoms with E-state index in [9.17, 15) is 9.59 Å². The maximum absolute atomic E-state index is 12.6. The largest absolute Gasteiger partial charge is 0.353 e. The van der Waals surface area contributed by atoms with E-state index in [0.717, 1.165) is 17.7 Å². The van der Waals surface area contributed by atoms with Crippen LogP contribution in [0.4, 0.5) is 0 Å². The van der Waals surface area contributed by atoms with Crippen molar-refractivity contribution in [2.75, 3.05) is 6.54 Å². The van der Waals surface area contributed by atoms with Crippen molar-refractivity contribution < 1.29 is 4.79 Å². The number of carbonyl (C=O) groups is 1. The lowest BCUT2D eigenvalue weighted by atomic mass is 10.4. The number of nitrogens with zero attached hydrogens (tertiary/aromatic N) is 7. The highest BCUT2D eigenvalue weighted by atomic mass is 32.1. The molecule has 3 aromatic rings. The van der Waals surface area contributed by atoms with Crippen molar-refractivity contribution in [3.8, 4) is 10.7 Å². The van der Waals surface area contributed by atoms with Crippen LogP contribution in [0.3, 0.4) is 0 Å². The summed E-state index contributed by atoms with van der Waals surface area (Å²) < 4.78 is 3.19. The van der Waals surface area contributed by atoms with Gasteiger partial charge in [0.25, 0.3) is 0 Å². The van der Waals surface area contributed by atoms with E-state index in [2.05, 4.69) is 25.8 Å². The molecule has 3 heterocycles. The fourth-order valence-electron chi connectivity index (χ4n) is 2.55. The molecule has 1 amide bonds. The van der Waals surface area contributed by atoms with Crippen LogP contribution < -0.4 is 11.0 Å². The first-order valence-electron chi connectivity index (χ1n) is 7.93. The second-order valence-electron chi connectivity index (χ2n) is 5.72. The molecule has 25 heavy (non-hydrogen) atoms. The Morgan fingerprint density at radius 1 is 1.40 bits per heavy atom. The molecular formula is C14H16N8O2S. The van der Waals surface area contributed by atoms with Crippen LogP contribution >= 0.6 is 11.3 Å². The van der Waals surface area contributed by atoms with E-state index in [0.29, 0.717) is 18.9 Å². The van der Waals surface area contributed by atoms with Crippen LogP contribution in [-0.4, -0.2) is 47.0 Å². The molecule has 1 N–H and O–H groups in total. The minimum absolute atomic E-state index is 0.00808. The van der Waals surface area contributed by atoms with Crippen molar-refractivity contribution in [3.05, 3.63) is 34.3 Å². The van der Waals surface area contributed by atoms with Crippen LogP contribution in [0.1, 0.15) is 18.9 Å². The predicted molar refractivity (Wildman–Crippen MR) is 88.9 cm³/mol. The van der Waals surface area contributed by atoms with Gasteiger partial charge >= 0.3 is 5.69 Å². The molecule has 11 heteroatoms. The third-order valence-corrected chi connectivity index (χ3v) is 4.71. The SMILES string of the molecule is O=C(Cn1ncnn1)NCCn1nc(-c2cccs2)n(C2CC2)c1=O. The highest BCUT2D eigenvalue weighted by Gasteiger charge is 2.30. The number of amides is 1. The first-order valence-corrected chi connectivity index (χ1v) is 8.81. The zero-order valence-electron chi connectivity index (χ0n) is 13.3. The third-order valence-electron chi connectivity index (χ3n) is 3.85. The van der Waals surface area contributed by atoms with Crippen LogP contribution in [0.15, 0.2) is 28.6 Å². The lowest BCUT2D eigenvalue weighted by Gasteiger charge is -2.03. The Hall–Kier alpha value is -2.82. The Labute approximate surface area is 146 Å². The Kier molecular flexibility index (Phi) is 4.14. The first-order chi connectivity index (χ1) is 12.2. The van der Waals surface area contributed by atoms with E-state index < -0.39 is 0 Å². The molecule has 1 aliphatic carbocycles. The molecule has 0 spiro atoms. The van der Waals surface area contributed by atoms with Gasteiger partial charge in [-0.1, -0.05) is 6.07 Å². The van der Waals surface area contributed by atoms with Gasteiger partial charge in [-0.15, -0.1) is 26.6 Å². The van der Waals surface area contributed by atoms with Gasteiger partial charge in [0.05, 0.1) is 11.4 Å². The normalized spacial score (nSPS) is 13.9. The third kappa shape index (κ3) is 3.36. The van der Waals surface area contributed by atoms with Gasteiger partial charge in [-0.3, -0.25) is 9.36 Å². The average molecular weight is 360 g/mol. The quantitative estimate of drug-likeness (QED) is 0.630. The van der Waals surface area contributed by atoms with E-state index >= 15 is 0 Å². The lowest BCUT2D eigenvalue weighted by Crippen LogP contribution is -2.34. The average Bonchev–Trinajstić information content (AvgIpc) is 3.02. The molecule has 0 aliphatic heterocycles. The summed E-state index contributed by atoms with van der Waals surface area (Å²) in [7, 11) is 0. The van der Waals surface area contributed by atoms with Gasteiger partial charge < -0.3 is 5.32 Å². The number of nitrogens with one attached hydrogen (secondary N) is 1. The summed E-state index contributed by atoms with van der Waals surface area (Å²) in [6.45, 7) is 0.609. The van der Waals surface area contributed by atoms with Gasteiger partial charge in [0.15, 0.2) is 12.2 Å². The smallest absolute Gasteiger partial charge is 0.346 e. The van der Waals surface area contributed by atoms with Crippen LogP contribution in [0.25, 0.3) is 10.7 Å². The van der Waals surface area contributed by atoms with Crippen molar-refractivity contribution in [3.63, 3.8) is 0 Å². The maximum Gasteiger partial charge on any atom is 0.346 e. The summed E-state index contributed by atoms with van der Waals surface area (Å²) in [5.41, 5.74) is -0.127. The fraction of sp³-hybridized carbons (Fsp3) is 0.429. The van der Waals surface area contributed by atoms with Crippen molar-refractivity contribution in [1.82, 2.24) is 39.9 Å². The topological polar surface area (TPSA) is 113 Å². The fourth-order valence-corrected chi connectivity index (χ4v) is 3.25. The number of carbonyl (C=O) groups excluding carboxylic acids is 1. The summed E-state index contributed by atoms with van der Waals surface area (Å²) in [6.07, 6.45) is 3.28. The predicted octanol–water partition coefficient (Wildman–Crippen LogP) is -0.0889. The summed E-state index contributed by atoms with van der Waals surface area (Å²) >= 11 is 1.56. The van der Waals surface area contributed by atoms with Crippen molar-refractivity contribution in [2.24, 2.45) is 0 Å².